The summed E-state index contributed by atoms with van der Waals surface area (Å²) in [6, 6.07) is 2.41. The third-order valence-corrected chi connectivity index (χ3v) is 8.63. The molecule has 0 spiro atoms. The van der Waals surface area contributed by atoms with E-state index in [9.17, 15) is 0 Å². The Kier molecular flexibility index (Phi) is 16.4. The van der Waals surface area contributed by atoms with Crippen LogP contribution in [0.1, 0.15) is 106 Å². The van der Waals surface area contributed by atoms with Crippen molar-refractivity contribution in [2.45, 2.75) is 118 Å². The molecule has 0 aromatic rings. The lowest BCUT2D eigenvalue weighted by atomic mass is 10.2. The average molecular weight is 373 g/mol. The van der Waals surface area contributed by atoms with Crippen molar-refractivity contribution in [2.75, 3.05) is 13.2 Å². The molecule has 0 amide bonds. The Morgan fingerprint density at radius 3 is 1.32 bits per heavy atom. The predicted octanol–water partition coefficient (Wildman–Crippen LogP) is 7.71. The summed E-state index contributed by atoms with van der Waals surface area (Å²) in [5, 5.41) is 0. The molecule has 0 bridgehead atoms. The molecule has 0 saturated heterocycles. The fourth-order valence-corrected chi connectivity index (χ4v) is 6.53. The maximum absolute atomic E-state index is 6.60. The Morgan fingerprint density at radius 2 is 1.00 bits per heavy atom. The van der Waals surface area contributed by atoms with Gasteiger partial charge in [0.15, 0.2) is 0 Å². The van der Waals surface area contributed by atoms with Crippen LogP contribution in [0.2, 0.25) is 12.1 Å². The highest BCUT2D eigenvalue weighted by Gasteiger charge is 2.36. The topological polar surface area (TPSA) is 18.5 Å². The van der Waals surface area contributed by atoms with E-state index in [1.165, 1.54) is 63.5 Å². The fraction of sp³-hybridized carbons (Fsp3) is 1.00. The van der Waals surface area contributed by atoms with Crippen LogP contribution >= 0.6 is 0 Å². The van der Waals surface area contributed by atoms with Crippen LogP contribution in [-0.4, -0.2) is 21.8 Å². The highest BCUT2D eigenvalue weighted by atomic mass is 28.4. The largest absolute Gasteiger partial charge is 0.394 e. The molecule has 0 N–H and O–H groups in total. The summed E-state index contributed by atoms with van der Waals surface area (Å²) in [6.45, 7) is 15.5. The number of hydrogen-bond acceptors (Lipinski definition) is 2. The molecule has 0 aliphatic heterocycles. The summed E-state index contributed by atoms with van der Waals surface area (Å²) in [4.78, 5) is 0. The highest BCUT2D eigenvalue weighted by molar-refractivity contribution is 6.67. The van der Waals surface area contributed by atoms with Gasteiger partial charge in [-0.3, -0.25) is 0 Å². The molecule has 3 heteroatoms. The van der Waals surface area contributed by atoms with E-state index in [-0.39, 0.29) is 0 Å². The van der Waals surface area contributed by atoms with Gasteiger partial charge in [0.25, 0.3) is 0 Å². The van der Waals surface area contributed by atoms with Gasteiger partial charge in [0.1, 0.15) is 0 Å². The lowest BCUT2D eigenvalue weighted by Crippen LogP contribution is -2.43. The van der Waals surface area contributed by atoms with E-state index in [1.807, 2.05) is 0 Å². The molecule has 0 aliphatic rings. The first-order chi connectivity index (χ1) is 12.0. The molecule has 2 nitrogen and oxygen atoms in total. The first-order valence-electron chi connectivity index (χ1n) is 11.2. The monoisotopic (exact) mass is 372 g/mol. The van der Waals surface area contributed by atoms with Gasteiger partial charge < -0.3 is 8.85 Å². The molecule has 152 valence electrons. The van der Waals surface area contributed by atoms with Crippen LogP contribution < -0.4 is 0 Å². The van der Waals surface area contributed by atoms with Gasteiger partial charge in [-0.15, -0.1) is 0 Å². The smallest absolute Gasteiger partial charge is 0.338 e. The quantitative estimate of drug-likeness (QED) is 0.181. The van der Waals surface area contributed by atoms with Crippen LogP contribution in [0.15, 0.2) is 0 Å². The van der Waals surface area contributed by atoms with Gasteiger partial charge in [-0.25, -0.2) is 0 Å². The minimum absolute atomic E-state index is 0.711. The molecule has 0 radical (unpaired) electrons. The Bertz CT molecular complexity index is 251. The maximum atomic E-state index is 6.60. The fourth-order valence-electron chi connectivity index (χ4n) is 3.06. The molecule has 0 heterocycles. The van der Waals surface area contributed by atoms with Gasteiger partial charge in [-0.2, -0.15) is 0 Å². The van der Waals surface area contributed by atoms with Crippen LogP contribution in [0.5, 0.6) is 0 Å². The summed E-state index contributed by atoms with van der Waals surface area (Å²) in [7, 11) is -2.03. The summed E-state index contributed by atoms with van der Waals surface area (Å²) in [5.74, 6) is 1.42. The molecule has 0 unspecified atom stereocenters. The summed E-state index contributed by atoms with van der Waals surface area (Å²) < 4.78 is 13.2. The molecule has 0 saturated carbocycles. The normalized spacial score (nSPS) is 12.5. The lowest BCUT2D eigenvalue weighted by molar-refractivity contribution is 0.151. The van der Waals surface area contributed by atoms with Crippen LogP contribution in [-0.2, 0) is 8.85 Å². The lowest BCUT2D eigenvalue weighted by Gasteiger charge is -2.32. The van der Waals surface area contributed by atoms with Gasteiger partial charge in [-0.1, -0.05) is 92.9 Å². The van der Waals surface area contributed by atoms with E-state index >= 15 is 0 Å². The van der Waals surface area contributed by atoms with Crippen molar-refractivity contribution in [3.8, 4) is 0 Å². The first kappa shape index (κ1) is 25.1. The second-order valence-electron chi connectivity index (χ2n) is 8.59. The van der Waals surface area contributed by atoms with Gasteiger partial charge in [0.2, 0.25) is 0 Å². The van der Waals surface area contributed by atoms with E-state index in [4.69, 9.17) is 8.85 Å². The third kappa shape index (κ3) is 14.9. The van der Waals surface area contributed by atoms with Gasteiger partial charge >= 0.3 is 8.56 Å². The van der Waals surface area contributed by atoms with Crippen molar-refractivity contribution in [1.82, 2.24) is 0 Å². The Morgan fingerprint density at radius 1 is 0.600 bits per heavy atom. The first-order valence-corrected chi connectivity index (χ1v) is 13.5. The Balaban J connectivity index is 4.73. The minimum atomic E-state index is -2.03. The molecular weight excluding hydrogens is 324 g/mol. The third-order valence-electron chi connectivity index (χ3n) is 4.94. The van der Waals surface area contributed by atoms with E-state index in [2.05, 4.69) is 41.5 Å². The molecule has 0 atom stereocenters. The van der Waals surface area contributed by atoms with E-state index in [0.717, 1.165) is 26.1 Å². The van der Waals surface area contributed by atoms with E-state index in [1.54, 1.807) is 0 Å². The summed E-state index contributed by atoms with van der Waals surface area (Å²) >= 11 is 0. The van der Waals surface area contributed by atoms with Gasteiger partial charge in [-0.05, 0) is 36.8 Å². The maximum Gasteiger partial charge on any atom is 0.338 e. The number of rotatable bonds is 18. The summed E-state index contributed by atoms with van der Waals surface area (Å²) in [5.41, 5.74) is 0. The zero-order chi connectivity index (χ0) is 19.0. The van der Waals surface area contributed by atoms with Crippen LogP contribution in [0.25, 0.3) is 0 Å². The van der Waals surface area contributed by atoms with Crippen LogP contribution in [0.3, 0.4) is 0 Å². The molecular formula is C22H48O2Si. The molecule has 0 fully saturated rings. The minimum Gasteiger partial charge on any atom is -0.394 e. The number of unbranched alkanes of at least 4 members (excludes halogenated alkanes) is 6. The van der Waals surface area contributed by atoms with Crippen molar-refractivity contribution in [2.24, 2.45) is 11.8 Å². The van der Waals surface area contributed by atoms with Crippen molar-refractivity contribution in [1.29, 1.82) is 0 Å². The Labute approximate surface area is 160 Å². The molecule has 0 aromatic heterocycles. The van der Waals surface area contributed by atoms with E-state index in [0.29, 0.717) is 11.8 Å². The molecule has 0 rings (SSSR count). The van der Waals surface area contributed by atoms with Crippen LogP contribution in [0, 0.1) is 11.8 Å². The molecule has 0 aliphatic carbocycles. The van der Waals surface area contributed by atoms with Crippen molar-refractivity contribution < 1.29 is 8.85 Å². The van der Waals surface area contributed by atoms with E-state index < -0.39 is 8.56 Å². The SMILES string of the molecule is CCCCCC[Si](CCCCCC)(OCCC(C)C)OCCC(C)C. The van der Waals surface area contributed by atoms with Crippen molar-refractivity contribution in [3.63, 3.8) is 0 Å². The van der Waals surface area contributed by atoms with Gasteiger partial charge in [0.05, 0.1) is 0 Å². The van der Waals surface area contributed by atoms with Crippen molar-refractivity contribution in [3.05, 3.63) is 0 Å². The zero-order valence-corrected chi connectivity index (χ0v) is 19.4. The predicted molar refractivity (Wildman–Crippen MR) is 114 cm³/mol. The van der Waals surface area contributed by atoms with Gasteiger partial charge in [0, 0.05) is 13.2 Å². The standard InChI is InChI=1S/C22H48O2Si/c1-7-9-11-13-19-25(20-14-12-10-8-2,23-17-15-21(3)4)24-18-16-22(5)6/h21-22H,7-20H2,1-6H3. The van der Waals surface area contributed by atoms with Crippen LogP contribution in [0.4, 0.5) is 0 Å². The zero-order valence-electron chi connectivity index (χ0n) is 18.4. The second-order valence-corrected chi connectivity index (χ2v) is 12.0. The van der Waals surface area contributed by atoms with Crippen molar-refractivity contribution >= 4 is 8.56 Å². The Hall–Kier alpha value is 0.137. The number of hydrogen-bond donors (Lipinski definition) is 0. The highest BCUT2D eigenvalue weighted by Crippen LogP contribution is 2.27. The summed E-state index contributed by atoms with van der Waals surface area (Å²) in [6.07, 6.45) is 12.9. The second kappa shape index (κ2) is 16.3. The average Bonchev–Trinajstić information content (AvgIpc) is 2.55. The molecule has 25 heavy (non-hydrogen) atoms. The molecule has 0 aromatic carbocycles.